The van der Waals surface area contributed by atoms with Crippen molar-refractivity contribution >= 4 is 11.8 Å². The molecule has 2 heterocycles. The van der Waals surface area contributed by atoms with Gasteiger partial charge < -0.3 is 10.2 Å². The summed E-state index contributed by atoms with van der Waals surface area (Å²) in [5.41, 5.74) is 3.29. The topological polar surface area (TPSA) is 78.1 Å². The number of hydrogen-bond acceptors (Lipinski definition) is 3. The van der Waals surface area contributed by atoms with Gasteiger partial charge in [0, 0.05) is 18.8 Å². The van der Waals surface area contributed by atoms with Gasteiger partial charge in [-0.2, -0.15) is 5.10 Å². The molecule has 1 saturated heterocycles. The molecule has 6 heteroatoms. The molecule has 22 heavy (non-hydrogen) atoms. The third-order valence-electron chi connectivity index (χ3n) is 4.72. The van der Waals surface area contributed by atoms with Crippen LogP contribution < -0.4 is 5.32 Å². The molecule has 0 spiro atoms. The minimum atomic E-state index is -0.343. The van der Waals surface area contributed by atoms with E-state index in [4.69, 9.17) is 0 Å². The Labute approximate surface area is 130 Å². The van der Waals surface area contributed by atoms with Gasteiger partial charge in [-0.1, -0.05) is 6.92 Å². The number of fused-ring (bicyclic) bond motifs is 1. The maximum atomic E-state index is 12.7. The Morgan fingerprint density at radius 3 is 2.95 bits per heavy atom. The molecule has 1 atom stereocenters. The largest absolute Gasteiger partial charge is 0.354 e. The van der Waals surface area contributed by atoms with E-state index in [0.29, 0.717) is 25.9 Å². The summed E-state index contributed by atoms with van der Waals surface area (Å²) in [7, 11) is 0. The van der Waals surface area contributed by atoms with E-state index >= 15 is 0 Å². The van der Waals surface area contributed by atoms with Gasteiger partial charge in [0.15, 0.2) is 0 Å². The second kappa shape index (κ2) is 6.50. The summed E-state index contributed by atoms with van der Waals surface area (Å²) in [5.74, 6) is -0.0128. The minimum Gasteiger partial charge on any atom is -0.354 e. The molecule has 1 aliphatic carbocycles. The maximum absolute atomic E-state index is 12.7. The standard InChI is InChI=1S/C16H24N4O2/c1-2-14-16(22)17-8-5-9-20(14)15(21)10-13-11-6-3-4-7-12(11)18-19-13/h14H,2-10H2,1H3,(H,17,22)(H,18,19)/t14-/m0/s1. The summed E-state index contributed by atoms with van der Waals surface area (Å²) in [6.45, 7) is 3.24. The Morgan fingerprint density at radius 1 is 1.32 bits per heavy atom. The Hall–Kier alpha value is -1.85. The summed E-state index contributed by atoms with van der Waals surface area (Å²) < 4.78 is 0. The van der Waals surface area contributed by atoms with Crippen LogP contribution in [0.3, 0.4) is 0 Å². The lowest BCUT2D eigenvalue weighted by Gasteiger charge is -2.27. The van der Waals surface area contributed by atoms with Crippen molar-refractivity contribution in [2.45, 2.75) is 57.9 Å². The molecule has 0 radical (unpaired) electrons. The summed E-state index contributed by atoms with van der Waals surface area (Å²) in [5, 5.41) is 10.3. The van der Waals surface area contributed by atoms with Crippen molar-refractivity contribution in [3.8, 4) is 0 Å². The van der Waals surface area contributed by atoms with Crippen LogP contribution in [0, 0.1) is 0 Å². The number of hydrogen-bond donors (Lipinski definition) is 2. The average molecular weight is 304 g/mol. The van der Waals surface area contributed by atoms with Gasteiger partial charge >= 0.3 is 0 Å². The summed E-state index contributed by atoms with van der Waals surface area (Å²) in [6.07, 6.45) is 6.15. The Kier molecular flexibility index (Phi) is 4.45. The second-order valence-electron chi connectivity index (χ2n) is 6.17. The predicted molar refractivity (Wildman–Crippen MR) is 82.4 cm³/mol. The molecule has 1 fully saturated rings. The van der Waals surface area contributed by atoms with Gasteiger partial charge in [0.1, 0.15) is 6.04 Å². The Bertz CT molecular complexity index is 566. The lowest BCUT2D eigenvalue weighted by molar-refractivity contribution is -0.139. The molecule has 2 amide bonds. The normalized spacial score (nSPS) is 22.0. The summed E-state index contributed by atoms with van der Waals surface area (Å²) in [6, 6.07) is -0.343. The fourth-order valence-electron chi connectivity index (χ4n) is 3.52. The number of H-pyrrole nitrogens is 1. The zero-order valence-corrected chi connectivity index (χ0v) is 13.2. The first kappa shape index (κ1) is 15.1. The number of nitrogens with one attached hydrogen (secondary N) is 2. The van der Waals surface area contributed by atoms with Gasteiger partial charge in [-0.3, -0.25) is 14.7 Å². The smallest absolute Gasteiger partial charge is 0.242 e. The number of amides is 2. The van der Waals surface area contributed by atoms with Gasteiger partial charge in [-0.05, 0) is 44.1 Å². The van der Waals surface area contributed by atoms with Crippen molar-refractivity contribution in [1.29, 1.82) is 0 Å². The fourth-order valence-corrected chi connectivity index (χ4v) is 3.52. The first-order valence-corrected chi connectivity index (χ1v) is 8.33. The van der Waals surface area contributed by atoms with Crippen LogP contribution in [0.15, 0.2) is 0 Å². The van der Waals surface area contributed by atoms with Crippen LogP contribution in [-0.2, 0) is 28.9 Å². The molecule has 1 aliphatic heterocycles. The van der Waals surface area contributed by atoms with Crippen molar-refractivity contribution in [3.63, 3.8) is 0 Å². The van der Waals surface area contributed by atoms with E-state index in [9.17, 15) is 9.59 Å². The van der Waals surface area contributed by atoms with Crippen LogP contribution >= 0.6 is 0 Å². The van der Waals surface area contributed by atoms with Crippen LogP contribution in [0.25, 0.3) is 0 Å². The molecule has 2 aliphatic rings. The highest BCUT2D eigenvalue weighted by Crippen LogP contribution is 2.23. The molecular weight excluding hydrogens is 280 g/mol. The third kappa shape index (κ3) is 2.87. The van der Waals surface area contributed by atoms with Gasteiger partial charge in [-0.25, -0.2) is 0 Å². The van der Waals surface area contributed by atoms with Crippen LogP contribution in [0.2, 0.25) is 0 Å². The number of carbonyl (C=O) groups excluding carboxylic acids is 2. The van der Waals surface area contributed by atoms with Crippen LogP contribution in [0.1, 0.15) is 49.6 Å². The summed E-state index contributed by atoms with van der Waals surface area (Å²) >= 11 is 0. The second-order valence-corrected chi connectivity index (χ2v) is 6.17. The van der Waals surface area contributed by atoms with Gasteiger partial charge in [0.05, 0.1) is 12.1 Å². The number of rotatable bonds is 3. The van der Waals surface area contributed by atoms with Crippen molar-refractivity contribution in [3.05, 3.63) is 17.0 Å². The molecule has 6 nitrogen and oxygen atoms in total. The van der Waals surface area contributed by atoms with Crippen molar-refractivity contribution in [1.82, 2.24) is 20.4 Å². The van der Waals surface area contributed by atoms with Crippen LogP contribution in [0.4, 0.5) is 0 Å². The molecule has 0 saturated carbocycles. The molecule has 1 aromatic rings. The molecule has 0 unspecified atom stereocenters. The third-order valence-corrected chi connectivity index (χ3v) is 4.72. The molecule has 1 aromatic heterocycles. The highest BCUT2D eigenvalue weighted by molar-refractivity contribution is 5.88. The SMILES string of the molecule is CC[C@H]1C(=O)NCCCN1C(=O)Cc1n[nH]c2c1CCCC2. The van der Waals surface area contributed by atoms with E-state index in [1.165, 1.54) is 17.7 Å². The lowest BCUT2D eigenvalue weighted by Crippen LogP contribution is -2.47. The number of nitrogens with zero attached hydrogens (tertiary/aromatic N) is 2. The van der Waals surface area contributed by atoms with Crippen LogP contribution in [-0.4, -0.2) is 46.0 Å². The van der Waals surface area contributed by atoms with E-state index in [0.717, 1.165) is 31.4 Å². The number of aryl methyl sites for hydroxylation is 1. The predicted octanol–water partition coefficient (Wildman–Crippen LogP) is 0.958. The fraction of sp³-hybridized carbons (Fsp3) is 0.688. The summed E-state index contributed by atoms with van der Waals surface area (Å²) in [4.78, 5) is 26.5. The molecule has 0 aromatic carbocycles. The van der Waals surface area contributed by atoms with E-state index in [-0.39, 0.29) is 17.9 Å². The zero-order chi connectivity index (χ0) is 15.5. The van der Waals surface area contributed by atoms with Crippen LogP contribution in [0.5, 0.6) is 0 Å². The van der Waals surface area contributed by atoms with E-state index in [1.807, 2.05) is 6.92 Å². The Balaban J connectivity index is 1.75. The van der Waals surface area contributed by atoms with Crippen molar-refractivity contribution in [2.24, 2.45) is 0 Å². The van der Waals surface area contributed by atoms with E-state index in [1.54, 1.807) is 4.90 Å². The quantitative estimate of drug-likeness (QED) is 0.873. The average Bonchev–Trinajstić information content (AvgIpc) is 2.82. The number of aromatic amines is 1. The highest BCUT2D eigenvalue weighted by atomic mass is 16.2. The van der Waals surface area contributed by atoms with Crippen molar-refractivity contribution < 1.29 is 9.59 Å². The van der Waals surface area contributed by atoms with E-state index < -0.39 is 0 Å². The Morgan fingerprint density at radius 2 is 2.14 bits per heavy atom. The number of carbonyl (C=O) groups is 2. The van der Waals surface area contributed by atoms with Gasteiger partial charge in [0.2, 0.25) is 11.8 Å². The molecule has 3 rings (SSSR count). The first-order valence-electron chi connectivity index (χ1n) is 8.33. The molecule has 0 bridgehead atoms. The molecule has 120 valence electrons. The van der Waals surface area contributed by atoms with Crippen molar-refractivity contribution in [2.75, 3.05) is 13.1 Å². The number of aromatic nitrogens is 2. The van der Waals surface area contributed by atoms with E-state index in [2.05, 4.69) is 15.5 Å². The molecule has 2 N–H and O–H groups in total. The zero-order valence-electron chi connectivity index (χ0n) is 13.2. The van der Waals surface area contributed by atoms with Gasteiger partial charge in [0.25, 0.3) is 0 Å². The molecular formula is C16H24N4O2. The minimum absolute atomic E-state index is 0.0174. The highest BCUT2D eigenvalue weighted by Gasteiger charge is 2.31. The maximum Gasteiger partial charge on any atom is 0.242 e. The van der Waals surface area contributed by atoms with Gasteiger partial charge in [-0.15, -0.1) is 0 Å². The monoisotopic (exact) mass is 304 g/mol. The first-order chi connectivity index (χ1) is 10.7. The lowest BCUT2D eigenvalue weighted by atomic mass is 9.95.